The number of alkyl halides is 3. The highest BCUT2D eigenvalue weighted by Gasteiger charge is 2.55. The van der Waals surface area contributed by atoms with E-state index in [4.69, 9.17) is 9.15 Å². The number of alkyl carbamates (subject to hydrolysis) is 1. The number of hydrogen-bond acceptors (Lipinski definition) is 7. The topological polar surface area (TPSA) is 123 Å². The Hall–Kier alpha value is -4.22. The molecular formula is C31H37F3N4O5. The zero-order valence-electron chi connectivity index (χ0n) is 24.9. The second-order valence-corrected chi connectivity index (χ2v) is 11.0. The Balaban J connectivity index is 2.03. The van der Waals surface area contributed by atoms with E-state index in [1.165, 1.54) is 12.1 Å². The molecule has 3 aromatic rings. The van der Waals surface area contributed by atoms with Gasteiger partial charge in [0.2, 0.25) is 17.6 Å². The third kappa shape index (κ3) is 7.99. The number of amides is 2. The molecule has 2 aromatic carbocycles. The number of ether oxygens (including phenoxy) is 1. The van der Waals surface area contributed by atoms with Crippen molar-refractivity contribution in [3.8, 4) is 11.5 Å². The Labute approximate surface area is 248 Å². The molecule has 43 heavy (non-hydrogen) atoms. The molecule has 3 rings (SSSR count). The van der Waals surface area contributed by atoms with Crippen molar-refractivity contribution in [3.63, 3.8) is 0 Å². The van der Waals surface area contributed by atoms with E-state index < -0.39 is 46.5 Å². The second-order valence-electron chi connectivity index (χ2n) is 11.0. The van der Waals surface area contributed by atoms with Crippen LogP contribution >= 0.6 is 0 Å². The van der Waals surface area contributed by atoms with Gasteiger partial charge in [-0.25, -0.2) is 4.79 Å². The maximum absolute atomic E-state index is 14.2. The number of ketones is 1. The molecule has 0 spiro atoms. The van der Waals surface area contributed by atoms with Crippen molar-refractivity contribution in [1.82, 2.24) is 20.8 Å². The highest BCUT2D eigenvalue weighted by Crippen LogP contribution is 2.40. The fourth-order valence-corrected chi connectivity index (χ4v) is 4.89. The number of rotatable bonds is 13. The van der Waals surface area contributed by atoms with E-state index in [0.29, 0.717) is 19.3 Å². The molecule has 0 unspecified atom stereocenters. The fraction of sp³-hybridized carbons (Fsp3) is 0.452. The smallest absolute Gasteiger partial charge is 0.416 e. The van der Waals surface area contributed by atoms with Crippen LogP contribution in [0.2, 0.25) is 0 Å². The van der Waals surface area contributed by atoms with Crippen molar-refractivity contribution in [1.29, 1.82) is 0 Å². The molecule has 2 atom stereocenters. The summed E-state index contributed by atoms with van der Waals surface area (Å²) < 4.78 is 50.1. The van der Waals surface area contributed by atoms with Crippen molar-refractivity contribution in [2.45, 2.75) is 78.1 Å². The molecule has 0 aliphatic heterocycles. The molecular weight excluding hydrogens is 565 g/mol. The Morgan fingerprint density at radius 1 is 0.953 bits per heavy atom. The summed E-state index contributed by atoms with van der Waals surface area (Å²) in [6, 6.07) is 12.7. The highest BCUT2D eigenvalue weighted by atomic mass is 19.4. The van der Waals surface area contributed by atoms with E-state index in [9.17, 15) is 27.6 Å². The van der Waals surface area contributed by atoms with Crippen LogP contribution < -0.4 is 10.6 Å². The van der Waals surface area contributed by atoms with Gasteiger partial charge in [-0.1, -0.05) is 64.4 Å². The van der Waals surface area contributed by atoms with Gasteiger partial charge >= 0.3 is 12.3 Å². The summed E-state index contributed by atoms with van der Waals surface area (Å²) in [5.74, 6) is -2.06. The summed E-state index contributed by atoms with van der Waals surface area (Å²) >= 11 is 0. The van der Waals surface area contributed by atoms with Crippen LogP contribution in [0.15, 0.2) is 59.0 Å². The minimum absolute atomic E-state index is 0.0835. The number of hydrogen-bond donors (Lipinski definition) is 2. The first-order valence-electron chi connectivity index (χ1n) is 14.1. The molecule has 12 heteroatoms. The molecule has 1 heterocycles. The molecule has 0 aliphatic rings. The maximum atomic E-state index is 14.2. The predicted molar refractivity (Wildman–Crippen MR) is 153 cm³/mol. The van der Waals surface area contributed by atoms with Crippen LogP contribution in [0, 0.1) is 5.41 Å². The van der Waals surface area contributed by atoms with Crippen LogP contribution in [-0.4, -0.2) is 40.1 Å². The maximum Gasteiger partial charge on any atom is 0.416 e. The van der Waals surface area contributed by atoms with E-state index in [2.05, 4.69) is 20.8 Å². The summed E-state index contributed by atoms with van der Waals surface area (Å²) in [4.78, 5) is 40.7. The summed E-state index contributed by atoms with van der Waals surface area (Å²) in [5.41, 5.74) is -2.76. The highest BCUT2D eigenvalue weighted by molar-refractivity contribution is 6.40. The number of carbonyl (C=O) groups excluding carboxylic acids is 3. The largest absolute Gasteiger partial charge is 0.450 e. The number of benzene rings is 2. The van der Waals surface area contributed by atoms with E-state index in [-0.39, 0.29) is 30.4 Å². The lowest BCUT2D eigenvalue weighted by molar-refractivity contribution is -0.145. The summed E-state index contributed by atoms with van der Waals surface area (Å²) in [6.07, 6.45) is -4.24. The number of halogens is 3. The molecule has 9 nitrogen and oxygen atoms in total. The lowest BCUT2D eigenvalue weighted by Crippen LogP contribution is -2.67. The van der Waals surface area contributed by atoms with Gasteiger partial charge < -0.3 is 19.8 Å². The van der Waals surface area contributed by atoms with Gasteiger partial charge in [-0.15, -0.1) is 10.2 Å². The quantitative estimate of drug-likeness (QED) is 0.216. The predicted octanol–water partition coefficient (Wildman–Crippen LogP) is 6.45. The van der Waals surface area contributed by atoms with Crippen LogP contribution in [0.5, 0.6) is 0 Å². The van der Waals surface area contributed by atoms with E-state index in [1.54, 1.807) is 20.8 Å². The minimum atomic E-state index is -4.51. The second kappa shape index (κ2) is 13.8. The number of aromatic nitrogens is 2. The van der Waals surface area contributed by atoms with Gasteiger partial charge in [-0.2, -0.15) is 13.2 Å². The number of carbonyl (C=O) groups is 3. The van der Waals surface area contributed by atoms with Gasteiger partial charge in [-0.3, -0.25) is 9.59 Å². The summed E-state index contributed by atoms with van der Waals surface area (Å²) in [7, 11) is 0. The van der Waals surface area contributed by atoms with Crippen LogP contribution in [0.3, 0.4) is 0 Å². The standard InChI is InChI=1S/C31H37F3N4O5/c1-6-17-29(4,5)30(36-28(41)42-18-7-2,25(39)26(40)35-20(3)21-11-9-8-10-12-21)19-24-37-38-27(43-24)22-13-15-23(16-14-22)31(32,33)34/h8-16,20H,6-7,17-19H2,1-5H3,(H,35,40)(H,36,41)/t20-,30+/m1/s1. The van der Waals surface area contributed by atoms with E-state index >= 15 is 0 Å². The average Bonchev–Trinajstić information content (AvgIpc) is 3.43. The molecule has 232 valence electrons. The molecule has 0 saturated heterocycles. The average molecular weight is 603 g/mol. The summed E-state index contributed by atoms with van der Waals surface area (Å²) in [6.45, 7) is 9.02. The van der Waals surface area contributed by atoms with Gasteiger partial charge in [-0.05, 0) is 55.0 Å². The molecule has 2 N–H and O–H groups in total. The number of nitrogens with zero attached hydrogens (tertiary/aromatic N) is 2. The van der Waals surface area contributed by atoms with Gasteiger partial charge in [0.05, 0.1) is 24.6 Å². The van der Waals surface area contributed by atoms with Crippen LogP contribution in [0.1, 0.15) is 76.9 Å². The fourth-order valence-electron chi connectivity index (χ4n) is 4.89. The third-order valence-electron chi connectivity index (χ3n) is 7.37. The third-order valence-corrected chi connectivity index (χ3v) is 7.37. The van der Waals surface area contributed by atoms with Gasteiger partial charge in [0.1, 0.15) is 5.54 Å². The van der Waals surface area contributed by atoms with Crippen LogP contribution in [-0.2, 0) is 26.9 Å². The molecule has 0 saturated carbocycles. The molecule has 0 fully saturated rings. The van der Waals surface area contributed by atoms with Crippen molar-refractivity contribution >= 4 is 17.8 Å². The Morgan fingerprint density at radius 3 is 2.19 bits per heavy atom. The van der Waals surface area contributed by atoms with Crippen LogP contribution in [0.25, 0.3) is 11.5 Å². The Kier molecular flexibility index (Phi) is 10.7. The lowest BCUT2D eigenvalue weighted by atomic mass is 9.65. The van der Waals surface area contributed by atoms with Crippen molar-refractivity contribution in [2.75, 3.05) is 6.61 Å². The monoisotopic (exact) mass is 602 g/mol. The summed E-state index contributed by atoms with van der Waals surface area (Å²) in [5, 5.41) is 13.4. The normalized spacial score (nSPS) is 14.0. The first-order valence-corrected chi connectivity index (χ1v) is 14.1. The van der Waals surface area contributed by atoms with E-state index in [0.717, 1.165) is 17.7 Å². The Morgan fingerprint density at radius 2 is 1.60 bits per heavy atom. The number of nitrogens with one attached hydrogen (secondary N) is 2. The van der Waals surface area contributed by atoms with Crippen LogP contribution in [0.4, 0.5) is 18.0 Å². The first-order chi connectivity index (χ1) is 20.2. The zero-order chi connectivity index (χ0) is 31.8. The van der Waals surface area contributed by atoms with Gasteiger partial charge in [0.25, 0.3) is 5.91 Å². The zero-order valence-corrected chi connectivity index (χ0v) is 24.9. The molecule has 0 bridgehead atoms. The van der Waals surface area contributed by atoms with Crippen molar-refractivity contribution < 1.29 is 36.7 Å². The molecule has 2 amide bonds. The number of Topliss-reactive ketones (excluding diaryl/α,β-unsaturated/α-hetero) is 1. The Bertz CT molecular complexity index is 1390. The minimum Gasteiger partial charge on any atom is -0.450 e. The first kappa shape index (κ1) is 33.3. The van der Waals surface area contributed by atoms with Crippen molar-refractivity contribution in [3.05, 3.63) is 71.6 Å². The van der Waals surface area contributed by atoms with Gasteiger partial charge in [0.15, 0.2) is 0 Å². The van der Waals surface area contributed by atoms with E-state index in [1.807, 2.05) is 44.2 Å². The molecule has 1 aromatic heterocycles. The molecule has 0 aliphatic carbocycles. The van der Waals surface area contributed by atoms with Gasteiger partial charge in [0, 0.05) is 5.56 Å². The molecule has 0 radical (unpaired) electrons. The lowest BCUT2D eigenvalue weighted by Gasteiger charge is -2.44. The SMILES string of the molecule is CCCOC(=O)N[C@@](Cc1nnc(-c2ccc(C(F)(F)F)cc2)o1)(C(=O)C(=O)N[C@H](C)c1ccccc1)C(C)(C)CCC. The van der Waals surface area contributed by atoms with Crippen molar-refractivity contribution in [2.24, 2.45) is 5.41 Å².